The molecule has 21 heavy (non-hydrogen) atoms. The normalized spacial score (nSPS) is 22.6. The highest BCUT2D eigenvalue weighted by molar-refractivity contribution is 5.42. The summed E-state index contributed by atoms with van der Waals surface area (Å²) in [6.45, 7) is 3.35. The minimum Gasteiger partial charge on any atom is -0.497 e. The first-order valence-corrected chi connectivity index (χ1v) is 8.23. The molecule has 1 aromatic carbocycles. The predicted octanol–water partition coefficient (Wildman–Crippen LogP) is 4.12. The fraction of sp³-hybridized carbons (Fsp3) is 0.667. The molecule has 0 amide bonds. The first-order valence-electron chi connectivity index (χ1n) is 8.23. The van der Waals surface area contributed by atoms with Crippen molar-refractivity contribution >= 4 is 0 Å². The Morgan fingerprint density at radius 2 is 1.95 bits per heavy atom. The van der Waals surface area contributed by atoms with Gasteiger partial charge in [0.25, 0.3) is 0 Å². The standard InChI is InChI=1S/C18H29NO2/c1-4-11-19-15-8-6-5-7-14(12-15)17-13-16(20-2)9-10-18(17)21-3/h9-10,13-15,19H,4-8,11-12H2,1-3H3. The number of hydrogen-bond donors (Lipinski definition) is 1. The quantitative estimate of drug-likeness (QED) is 0.800. The zero-order valence-electron chi connectivity index (χ0n) is 13.7. The minimum atomic E-state index is 0.562. The van der Waals surface area contributed by atoms with Gasteiger partial charge in [0.05, 0.1) is 14.2 Å². The molecule has 2 unspecified atom stereocenters. The maximum atomic E-state index is 5.58. The van der Waals surface area contributed by atoms with Crippen molar-refractivity contribution < 1.29 is 9.47 Å². The van der Waals surface area contributed by atoms with Crippen LogP contribution in [0.3, 0.4) is 0 Å². The summed E-state index contributed by atoms with van der Waals surface area (Å²) in [5.41, 5.74) is 1.31. The summed E-state index contributed by atoms with van der Waals surface area (Å²) in [7, 11) is 3.49. The second-order valence-corrected chi connectivity index (χ2v) is 5.98. The molecule has 1 fully saturated rings. The lowest BCUT2D eigenvalue weighted by molar-refractivity contribution is 0.385. The van der Waals surface area contributed by atoms with Gasteiger partial charge in [-0.2, -0.15) is 0 Å². The summed E-state index contributed by atoms with van der Waals surface area (Å²) in [4.78, 5) is 0. The average molecular weight is 291 g/mol. The van der Waals surface area contributed by atoms with Gasteiger partial charge in [0.1, 0.15) is 11.5 Å². The molecule has 1 aromatic rings. The van der Waals surface area contributed by atoms with Crippen molar-refractivity contribution in [3.05, 3.63) is 23.8 Å². The van der Waals surface area contributed by atoms with Gasteiger partial charge in [-0.1, -0.05) is 19.8 Å². The van der Waals surface area contributed by atoms with Crippen LogP contribution in [0.25, 0.3) is 0 Å². The molecule has 1 aliphatic carbocycles. The Hall–Kier alpha value is -1.22. The fourth-order valence-electron chi connectivity index (χ4n) is 3.34. The summed E-state index contributed by atoms with van der Waals surface area (Å²) in [5.74, 6) is 2.48. The Kier molecular flexibility index (Phi) is 6.37. The molecule has 1 aliphatic rings. The third-order valence-electron chi connectivity index (χ3n) is 4.48. The van der Waals surface area contributed by atoms with Gasteiger partial charge >= 0.3 is 0 Å². The van der Waals surface area contributed by atoms with Crippen LogP contribution < -0.4 is 14.8 Å². The number of methoxy groups -OCH3 is 2. The van der Waals surface area contributed by atoms with Gasteiger partial charge in [-0.15, -0.1) is 0 Å². The highest BCUT2D eigenvalue weighted by Crippen LogP contribution is 2.38. The van der Waals surface area contributed by atoms with Crippen LogP contribution in [0.4, 0.5) is 0 Å². The summed E-state index contributed by atoms with van der Waals surface area (Å²) in [6, 6.07) is 6.80. The summed E-state index contributed by atoms with van der Waals surface area (Å²) >= 11 is 0. The molecule has 3 nitrogen and oxygen atoms in total. The summed E-state index contributed by atoms with van der Waals surface area (Å²) in [6.07, 6.45) is 7.56. The smallest absolute Gasteiger partial charge is 0.122 e. The highest BCUT2D eigenvalue weighted by Gasteiger charge is 2.23. The molecule has 118 valence electrons. The summed E-state index contributed by atoms with van der Waals surface area (Å²) in [5, 5.41) is 3.71. The lowest BCUT2D eigenvalue weighted by Gasteiger charge is -2.23. The molecule has 3 heteroatoms. The van der Waals surface area contributed by atoms with Crippen molar-refractivity contribution in [1.82, 2.24) is 5.32 Å². The monoisotopic (exact) mass is 291 g/mol. The van der Waals surface area contributed by atoms with E-state index in [2.05, 4.69) is 18.3 Å². The summed E-state index contributed by atoms with van der Waals surface area (Å²) < 4.78 is 11.0. The molecule has 0 aliphatic heterocycles. The largest absolute Gasteiger partial charge is 0.497 e. The van der Waals surface area contributed by atoms with Crippen molar-refractivity contribution in [2.75, 3.05) is 20.8 Å². The molecule has 1 saturated carbocycles. The second-order valence-electron chi connectivity index (χ2n) is 5.98. The van der Waals surface area contributed by atoms with E-state index in [9.17, 15) is 0 Å². The van der Waals surface area contributed by atoms with Crippen molar-refractivity contribution in [1.29, 1.82) is 0 Å². The van der Waals surface area contributed by atoms with Crippen LogP contribution in [0.5, 0.6) is 11.5 Å². The molecule has 0 spiro atoms. The third kappa shape index (κ3) is 4.37. The van der Waals surface area contributed by atoms with E-state index in [0.717, 1.165) is 18.0 Å². The van der Waals surface area contributed by atoms with Crippen LogP contribution in [-0.2, 0) is 0 Å². The van der Waals surface area contributed by atoms with Crippen LogP contribution in [0, 0.1) is 0 Å². The van der Waals surface area contributed by atoms with Crippen LogP contribution >= 0.6 is 0 Å². The zero-order valence-corrected chi connectivity index (χ0v) is 13.7. The van der Waals surface area contributed by atoms with Crippen molar-refractivity contribution in [2.24, 2.45) is 0 Å². The van der Waals surface area contributed by atoms with E-state index < -0.39 is 0 Å². The van der Waals surface area contributed by atoms with Crippen LogP contribution in [0.1, 0.15) is 56.9 Å². The van der Waals surface area contributed by atoms with Gasteiger partial charge in [0.2, 0.25) is 0 Å². The van der Waals surface area contributed by atoms with E-state index >= 15 is 0 Å². The van der Waals surface area contributed by atoms with Gasteiger partial charge < -0.3 is 14.8 Å². The molecule has 2 atom stereocenters. The lowest BCUT2D eigenvalue weighted by Crippen LogP contribution is -2.30. The molecular weight excluding hydrogens is 262 g/mol. The van der Waals surface area contributed by atoms with Gasteiger partial charge in [0, 0.05) is 11.6 Å². The molecule has 0 aromatic heterocycles. The van der Waals surface area contributed by atoms with E-state index in [1.807, 2.05) is 12.1 Å². The maximum Gasteiger partial charge on any atom is 0.122 e. The number of nitrogens with one attached hydrogen (secondary N) is 1. The Bertz CT molecular complexity index is 433. The number of hydrogen-bond acceptors (Lipinski definition) is 3. The van der Waals surface area contributed by atoms with E-state index in [4.69, 9.17) is 9.47 Å². The molecule has 1 N–H and O–H groups in total. The Morgan fingerprint density at radius 1 is 1.14 bits per heavy atom. The van der Waals surface area contributed by atoms with Gasteiger partial charge in [-0.25, -0.2) is 0 Å². The van der Waals surface area contributed by atoms with Crippen molar-refractivity contribution in [3.8, 4) is 11.5 Å². The molecule has 0 heterocycles. The zero-order chi connectivity index (χ0) is 15.1. The Labute approximate surface area is 129 Å². The maximum absolute atomic E-state index is 5.58. The Morgan fingerprint density at radius 3 is 2.67 bits per heavy atom. The molecule has 0 saturated heterocycles. The predicted molar refractivity (Wildman–Crippen MR) is 87.5 cm³/mol. The Balaban J connectivity index is 2.17. The molecule has 0 radical (unpaired) electrons. The first kappa shape index (κ1) is 16.2. The minimum absolute atomic E-state index is 0.562. The van der Waals surface area contributed by atoms with Gasteiger partial charge in [-0.05, 0) is 56.3 Å². The highest BCUT2D eigenvalue weighted by atomic mass is 16.5. The van der Waals surface area contributed by atoms with Crippen LogP contribution in [0.2, 0.25) is 0 Å². The van der Waals surface area contributed by atoms with Gasteiger partial charge in [0.15, 0.2) is 0 Å². The average Bonchev–Trinajstić information content (AvgIpc) is 2.77. The van der Waals surface area contributed by atoms with E-state index in [-0.39, 0.29) is 0 Å². The number of rotatable bonds is 6. The lowest BCUT2D eigenvalue weighted by atomic mass is 9.89. The first-order chi connectivity index (χ1) is 10.3. The molecule has 2 rings (SSSR count). The third-order valence-corrected chi connectivity index (χ3v) is 4.48. The molecule has 0 bridgehead atoms. The number of ether oxygens (including phenoxy) is 2. The number of benzene rings is 1. The van der Waals surface area contributed by atoms with E-state index in [0.29, 0.717) is 12.0 Å². The van der Waals surface area contributed by atoms with Crippen molar-refractivity contribution in [3.63, 3.8) is 0 Å². The van der Waals surface area contributed by atoms with Crippen LogP contribution in [0.15, 0.2) is 18.2 Å². The van der Waals surface area contributed by atoms with E-state index in [1.54, 1.807) is 14.2 Å². The molecular formula is C18H29NO2. The second kappa shape index (κ2) is 8.28. The fourth-order valence-corrected chi connectivity index (χ4v) is 3.34. The van der Waals surface area contributed by atoms with Crippen LogP contribution in [-0.4, -0.2) is 26.8 Å². The van der Waals surface area contributed by atoms with E-state index in [1.165, 1.54) is 44.1 Å². The SMILES string of the molecule is CCCNC1CCCCC(c2cc(OC)ccc2OC)C1. The topological polar surface area (TPSA) is 30.5 Å². The van der Waals surface area contributed by atoms with Gasteiger partial charge in [-0.3, -0.25) is 0 Å². The van der Waals surface area contributed by atoms with Crippen molar-refractivity contribution in [2.45, 2.75) is 57.4 Å².